The second-order valence-corrected chi connectivity index (χ2v) is 9.87. The lowest BCUT2D eigenvalue weighted by Crippen LogP contribution is -2.74. The van der Waals surface area contributed by atoms with Crippen molar-refractivity contribution in [3.05, 3.63) is 37.9 Å². The van der Waals surface area contributed by atoms with Crippen LogP contribution in [0.3, 0.4) is 0 Å². The van der Waals surface area contributed by atoms with Gasteiger partial charge in [0.15, 0.2) is 6.61 Å². The molecule has 1 fully saturated rings. The van der Waals surface area contributed by atoms with Crippen LogP contribution in [0, 0.1) is 20.2 Å². The number of nitrogens with zero attached hydrogens (tertiary/aromatic N) is 2. The van der Waals surface area contributed by atoms with Gasteiger partial charge in [0.05, 0.1) is 15.9 Å². The summed E-state index contributed by atoms with van der Waals surface area (Å²) in [4.78, 5) is 32.2. The van der Waals surface area contributed by atoms with Gasteiger partial charge in [0.2, 0.25) is 5.75 Å². The Hall–Kier alpha value is -3.83. The highest BCUT2D eigenvalue weighted by Gasteiger charge is 2.93. The van der Waals surface area contributed by atoms with Gasteiger partial charge in [0.25, 0.3) is 5.69 Å². The first-order chi connectivity index (χ1) is 21.0. The number of nitro groups is 2. The van der Waals surface area contributed by atoms with Gasteiger partial charge in [-0.1, -0.05) is 19.3 Å². The van der Waals surface area contributed by atoms with Crippen molar-refractivity contribution >= 4 is 17.5 Å². The van der Waals surface area contributed by atoms with Crippen molar-refractivity contribution in [3.63, 3.8) is 0 Å². The van der Waals surface area contributed by atoms with Gasteiger partial charge in [-0.3, -0.25) is 20.2 Å². The minimum Gasteiger partial charge on any atom is -0.427 e. The molecule has 0 heterocycles. The van der Waals surface area contributed by atoms with Crippen molar-refractivity contribution in [2.75, 3.05) is 6.61 Å². The van der Waals surface area contributed by atoms with Crippen molar-refractivity contribution in [2.45, 2.75) is 85.9 Å². The SMILES string of the molecule is O=C(OCC(F)(F)C(F)(F)C(F)(F)C(F)(F)C(F)(F)C(F)(F)C(F)(F)C(F)F)Oc1c(C2CCCCC2)cc([N+](=O)[O-])cc1[N+](=O)[O-]. The average molecular weight is 724 g/mol. The molecule has 1 aromatic rings. The highest BCUT2D eigenvalue weighted by Crippen LogP contribution is 2.62. The van der Waals surface area contributed by atoms with Crippen LogP contribution in [0.4, 0.5) is 86.4 Å². The number of alkyl halides is 16. The van der Waals surface area contributed by atoms with E-state index in [1.54, 1.807) is 0 Å². The molecule has 0 aromatic heterocycles. The Labute approximate surface area is 249 Å². The Morgan fingerprint density at radius 3 is 1.66 bits per heavy atom. The summed E-state index contributed by atoms with van der Waals surface area (Å²) in [5, 5.41) is 22.7. The van der Waals surface area contributed by atoms with Gasteiger partial charge in [-0.05, 0) is 18.8 Å². The number of rotatable bonds is 13. The van der Waals surface area contributed by atoms with Crippen molar-refractivity contribution in [1.29, 1.82) is 0 Å². The van der Waals surface area contributed by atoms with Crippen molar-refractivity contribution in [2.24, 2.45) is 0 Å². The third-order valence-electron chi connectivity index (χ3n) is 6.82. The molecule has 0 spiro atoms. The lowest BCUT2D eigenvalue weighted by Gasteiger charge is -2.42. The maximum absolute atomic E-state index is 14.1. The van der Waals surface area contributed by atoms with E-state index in [-0.39, 0.29) is 18.9 Å². The molecule has 0 atom stereocenters. The summed E-state index contributed by atoms with van der Waals surface area (Å²) >= 11 is 0. The Kier molecular flexibility index (Phi) is 10.6. The van der Waals surface area contributed by atoms with Gasteiger partial charge in [-0.15, -0.1) is 0 Å². The molecule has 268 valence electrons. The minimum atomic E-state index is -8.66. The molecule has 0 unspecified atom stereocenters. The van der Waals surface area contributed by atoms with E-state index >= 15 is 0 Å². The largest absolute Gasteiger partial charge is 0.514 e. The molecular formula is C22H16F16N2O7. The maximum atomic E-state index is 14.1. The number of carbonyl (C=O) groups excluding carboxylic acids is 1. The normalized spacial score (nSPS) is 16.3. The quantitative estimate of drug-likeness (QED) is 0.0656. The van der Waals surface area contributed by atoms with Crippen molar-refractivity contribution in [1.82, 2.24) is 0 Å². The molecule has 1 aliphatic carbocycles. The topological polar surface area (TPSA) is 122 Å². The van der Waals surface area contributed by atoms with Gasteiger partial charge in [-0.2, -0.15) is 61.5 Å². The van der Waals surface area contributed by atoms with E-state index in [0.717, 1.165) is 0 Å². The van der Waals surface area contributed by atoms with Gasteiger partial charge in [0.1, 0.15) is 0 Å². The van der Waals surface area contributed by atoms with Crippen LogP contribution in [0.25, 0.3) is 0 Å². The number of halogens is 16. The van der Waals surface area contributed by atoms with Crippen LogP contribution >= 0.6 is 0 Å². The predicted octanol–water partition coefficient (Wildman–Crippen LogP) is 8.78. The number of ether oxygens (including phenoxy) is 2. The number of hydrogen-bond donors (Lipinski definition) is 0. The van der Waals surface area contributed by atoms with Gasteiger partial charge >= 0.3 is 59.7 Å². The van der Waals surface area contributed by atoms with Crippen LogP contribution in [-0.2, 0) is 4.74 Å². The zero-order chi connectivity index (χ0) is 36.8. The summed E-state index contributed by atoms with van der Waals surface area (Å²) in [6, 6.07) is 0.804. The minimum absolute atomic E-state index is 0.129. The molecule has 0 amide bonds. The standard InChI is InChI=1S/C22H16F16N2O7/c23-14(24)17(27,28)19(31,32)21(35,36)22(37,38)20(33,34)18(29,30)16(25,26)8-46-15(41)47-13-11(9-4-2-1-3-5-9)6-10(39(42)43)7-12(13)40(44)45/h6-7,9,14H,1-5,8H2. The Balaban J connectivity index is 2.45. The van der Waals surface area contributed by atoms with Crippen LogP contribution < -0.4 is 4.74 Å². The van der Waals surface area contributed by atoms with E-state index in [9.17, 15) is 95.3 Å². The fraction of sp³-hybridized carbons (Fsp3) is 0.682. The van der Waals surface area contributed by atoms with Crippen molar-refractivity contribution < 1.29 is 94.4 Å². The summed E-state index contributed by atoms with van der Waals surface area (Å²) in [5.41, 5.74) is -2.90. The number of hydrogen-bond acceptors (Lipinski definition) is 7. The van der Waals surface area contributed by atoms with E-state index < -0.39 is 99.1 Å². The maximum Gasteiger partial charge on any atom is 0.514 e. The zero-order valence-electron chi connectivity index (χ0n) is 22.4. The molecule has 0 saturated heterocycles. The molecular weight excluding hydrogens is 708 g/mol. The third-order valence-corrected chi connectivity index (χ3v) is 6.82. The second-order valence-electron chi connectivity index (χ2n) is 9.87. The molecule has 1 saturated carbocycles. The van der Waals surface area contributed by atoms with Crippen molar-refractivity contribution in [3.8, 4) is 5.75 Å². The number of non-ortho nitro benzene ring substituents is 1. The summed E-state index contributed by atoms with van der Waals surface area (Å²) < 4.78 is 223. The van der Waals surface area contributed by atoms with E-state index in [0.29, 0.717) is 25.3 Å². The van der Waals surface area contributed by atoms with Gasteiger partial charge in [-0.25, -0.2) is 13.6 Å². The molecule has 9 nitrogen and oxygen atoms in total. The van der Waals surface area contributed by atoms with E-state index in [1.807, 2.05) is 0 Å². The average Bonchev–Trinajstić information content (AvgIpc) is 2.95. The predicted molar refractivity (Wildman–Crippen MR) is 118 cm³/mol. The first kappa shape index (κ1) is 39.3. The van der Waals surface area contributed by atoms with Crippen LogP contribution in [0.15, 0.2) is 12.1 Å². The molecule has 25 heteroatoms. The molecule has 2 rings (SSSR count). The van der Waals surface area contributed by atoms with Crippen LogP contribution in [-0.4, -0.2) is 70.5 Å². The lowest BCUT2D eigenvalue weighted by atomic mass is 9.83. The Morgan fingerprint density at radius 1 is 0.745 bits per heavy atom. The second kappa shape index (κ2) is 12.6. The van der Waals surface area contributed by atoms with E-state index in [1.165, 1.54) is 0 Å². The van der Waals surface area contributed by atoms with E-state index in [4.69, 9.17) is 0 Å². The number of nitro benzene ring substituents is 2. The molecule has 1 aliphatic rings. The smallest absolute Gasteiger partial charge is 0.427 e. The molecule has 0 bridgehead atoms. The first-order valence-electron chi connectivity index (χ1n) is 12.3. The monoisotopic (exact) mass is 724 g/mol. The fourth-order valence-electron chi connectivity index (χ4n) is 4.21. The highest BCUT2D eigenvalue weighted by molar-refractivity contribution is 5.70. The molecule has 0 aliphatic heterocycles. The summed E-state index contributed by atoms with van der Waals surface area (Å²) in [6.07, 6.45) is -7.10. The molecule has 1 aromatic carbocycles. The summed E-state index contributed by atoms with van der Waals surface area (Å²) in [7, 11) is 0. The van der Waals surface area contributed by atoms with Crippen LogP contribution in [0.5, 0.6) is 5.75 Å². The number of carbonyl (C=O) groups is 1. The number of benzene rings is 1. The fourth-order valence-corrected chi connectivity index (χ4v) is 4.21. The van der Waals surface area contributed by atoms with Crippen LogP contribution in [0.2, 0.25) is 0 Å². The molecule has 0 radical (unpaired) electrons. The molecule has 0 N–H and O–H groups in total. The Morgan fingerprint density at radius 2 is 1.21 bits per heavy atom. The summed E-state index contributed by atoms with van der Waals surface area (Å²) in [5.74, 6) is -58.9. The first-order valence-corrected chi connectivity index (χ1v) is 12.3. The van der Waals surface area contributed by atoms with Gasteiger partial charge < -0.3 is 9.47 Å². The summed E-state index contributed by atoms with van der Waals surface area (Å²) in [6.45, 7) is -3.58. The third kappa shape index (κ3) is 6.52. The van der Waals surface area contributed by atoms with Gasteiger partial charge in [0, 0.05) is 11.6 Å². The van der Waals surface area contributed by atoms with E-state index in [2.05, 4.69) is 9.47 Å². The Bertz CT molecular complexity index is 1370. The zero-order valence-corrected chi connectivity index (χ0v) is 22.4. The molecule has 47 heavy (non-hydrogen) atoms. The highest BCUT2D eigenvalue weighted by atomic mass is 19.4. The lowest BCUT2D eigenvalue weighted by molar-refractivity contribution is -0.447. The van der Waals surface area contributed by atoms with Crippen LogP contribution in [0.1, 0.15) is 43.6 Å².